The minimum atomic E-state index is -0.519. The Balaban J connectivity index is 1.61. The fraction of sp³-hybridized carbons (Fsp3) is 0.214. The molecule has 37 heavy (non-hydrogen) atoms. The fourth-order valence-electron chi connectivity index (χ4n) is 4.63. The van der Waals surface area contributed by atoms with Crippen molar-refractivity contribution >= 4 is 28.1 Å². The summed E-state index contributed by atoms with van der Waals surface area (Å²) < 4.78 is 3.21. The van der Waals surface area contributed by atoms with Crippen molar-refractivity contribution in [2.75, 3.05) is 12.3 Å². The maximum atomic E-state index is 14.0. The maximum absolute atomic E-state index is 14.0. The Morgan fingerprint density at radius 1 is 1.30 bits per heavy atom. The minimum absolute atomic E-state index is 0.0837. The largest absolute Gasteiger partial charge is 0.381 e. The molecule has 3 aromatic heterocycles. The summed E-state index contributed by atoms with van der Waals surface area (Å²) in [6, 6.07) is 8.54. The smallest absolute Gasteiger partial charge is 0.260 e. The molecule has 5 N–H and O–H groups in total. The lowest BCUT2D eigenvalue weighted by Gasteiger charge is -2.26. The highest BCUT2D eigenvalue weighted by atomic mass is 16.2. The number of carbonyl (C=O) groups is 1. The highest BCUT2D eigenvalue weighted by molar-refractivity contribution is 6.04. The van der Waals surface area contributed by atoms with Crippen LogP contribution in [0.25, 0.3) is 16.4 Å². The van der Waals surface area contributed by atoms with Gasteiger partial charge in [0.2, 0.25) is 0 Å². The highest BCUT2D eigenvalue weighted by Gasteiger charge is 2.25. The van der Waals surface area contributed by atoms with Crippen LogP contribution >= 0.6 is 0 Å². The Morgan fingerprint density at radius 2 is 2.16 bits per heavy atom. The number of pyridine rings is 1. The molecule has 3 heterocycles. The van der Waals surface area contributed by atoms with Crippen molar-refractivity contribution in [2.45, 2.75) is 31.8 Å². The number of nitrogens with zero attached hydrogens (tertiary/aromatic N) is 4. The molecule has 2 unspecified atom stereocenters. The van der Waals surface area contributed by atoms with Crippen LogP contribution in [0, 0.1) is 11.8 Å². The van der Waals surface area contributed by atoms with E-state index in [2.05, 4.69) is 27.2 Å². The minimum Gasteiger partial charge on any atom is -0.381 e. The van der Waals surface area contributed by atoms with E-state index in [0.29, 0.717) is 41.7 Å². The molecule has 0 aliphatic heterocycles. The van der Waals surface area contributed by atoms with E-state index in [9.17, 15) is 9.59 Å². The first-order valence-electron chi connectivity index (χ1n) is 12.1. The van der Waals surface area contributed by atoms with E-state index in [4.69, 9.17) is 11.5 Å². The second-order valence-corrected chi connectivity index (χ2v) is 8.81. The molecule has 0 saturated carbocycles. The zero-order chi connectivity index (χ0) is 25.9. The number of rotatable bonds is 5. The Hall–Kier alpha value is -4.68. The molecule has 5 rings (SSSR count). The van der Waals surface area contributed by atoms with Crippen LogP contribution in [0.1, 0.15) is 53.5 Å². The molecular weight excluding hydrogens is 466 g/mol. The Bertz CT molecular complexity index is 1680. The summed E-state index contributed by atoms with van der Waals surface area (Å²) in [5.74, 6) is 5.81. The quantitative estimate of drug-likeness (QED) is 0.366. The van der Waals surface area contributed by atoms with Gasteiger partial charge >= 0.3 is 0 Å². The lowest BCUT2D eigenvalue weighted by atomic mass is 10.0. The summed E-state index contributed by atoms with van der Waals surface area (Å²) in [6.45, 7) is 2.30. The second kappa shape index (κ2) is 10.1. The topological polar surface area (TPSA) is 133 Å². The van der Waals surface area contributed by atoms with E-state index >= 15 is 0 Å². The number of hydrogen-bond donors (Lipinski definition) is 3. The van der Waals surface area contributed by atoms with Crippen LogP contribution in [0.15, 0.2) is 71.8 Å². The maximum Gasteiger partial charge on any atom is 0.260 e. The summed E-state index contributed by atoms with van der Waals surface area (Å²) >= 11 is 0. The van der Waals surface area contributed by atoms with Gasteiger partial charge in [0.25, 0.3) is 11.5 Å². The molecule has 4 aromatic rings. The van der Waals surface area contributed by atoms with E-state index < -0.39 is 11.9 Å². The van der Waals surface area contributed by atoms with Crippen LogP contribution in [0.4, 0.5) is 5.82 Å². The molecule has 0 fully saturated rings. The lowest BCUT2D eigenvalue weighted by Crippen LogP contribution is -2.34. The molecule has 9 nitrogen and oxygen atoms in total. The number of amides is 1. The zero-order valence-electron chi connectivity index (χ0n) is 20.4. The predicted octanol–water partition coefficient (Wildman–Crippen LogP) is 2.87. The van der Waals surface area contributed by atoms with E-state index in [0.717, 1.165) is 5.39 Å². The number of nitrogens with two attached hydrogens (primary N) is 2. The van der Waals surface area contributed by atoms with E-state index in [1.165, 1.54) is 4.52 Å². The van der Waals surface area contributed by atoms with Crippen molar-refractivity contribution < 1.29 is 4.79 Å². The van der Waals surface area contributed by atoms with Crippen molar-refractivity contribution in [2.24, 2.45) is 5.73 Å². The van der Waals surface area contributed by atoms with E-state index in [1.807, 2.05) is 55.5 Å². The third-order valence-corrected chi connectivity index (χ3v) is 6.33. The van der Waals surface area contributed by atoms with Gasteiger partial charge in [0, 0.05) is 36.6 Å². The number of anilines is 1. The van der Waals surface area contributed by atoms with Gasteiger partial charge in [-0.3, -0.25) is 9.59 Å². The highest BCUT2D eigenvalue weighted by Crippen LogP contribution is 2.27. The average Bonchev–Trinajstić information content (AvgIpc) is 3.24. The molecule has 1 amide bonds. The number of fused-ring (bicyclic) bond motifs is 2. The van der Waals surface area contributed by atoms with Crippen molar-refractivity contribution in [3.63, 3.8) is 0 Å². The summed E-state index contributed by atoms with van der Waals surface area (Å²) in [5.41, 5.74) is 13.4. The van der Waals surface area contributed by atoms with Crippen molar-refractivity contribution in [3.8, 4) is 11.8 Å². The van der Waals surface area contributed by atoms with Crippen LogP contribution in [-0.4, -0.2) is 31.6 Å². The van der Waals surface area contributed by atoms with Gasteiger partial charge in [-0.1, -0.05) is 48.3 Å². The van der Waals surface area contributed by atoms with Gasteiger partial charge in [0.05, 0.1) is 17.5 Å². The number of aromatic nitrogens is 4. The first-order valence-corrected chi connectivity index (χ1v) is 12.1. The molecule has 2 atom stereocenters. The van der Waals surface area contributed by atoms with E-state index in [-0.39, 0.29) is 23.0 Å². The molecule has 186 valence electrons. The van der Waals surface area contributed by atoms with Gasteiger partial charge in [0.1, 0.15) is 5.56 Å². The van der Waals surface area contributed by atoms with Crippen LogP contribution in [0.2, 0.25) is 0 Å². The number of nitrogen functional groups attached to an aromatic ring is 1. The number of carbonyl (C=O) groups excluding carboxylic acids is 1. The van der Waals surface area contributed by atoms with E-state index in [1.54, 1.807) is 23.0 Å². The van der Waals surface area contributed by atoms with Gasteiger partial charge < -0.3 is 21.4 Å². The standard InChI is InChI=1S/C28H27N7O2/c1-18(32-27(36)24-25(30)33-34-16-8-15-31-26(24)34)22-17-20-11-7-10-19(9-5-6-14-29)23(20)28(37)35(22)21-12-3-2-4-13-21/h2-4,7-8,10-12,15-18,21H,6,13-14,29H2,1H3,(H2,30,33)(H,32,36). The molecule has 0 saturated heterocycles. The summed E-state index contributed by atoms with van der Waals surface area (Å²) in [5, 5.41) is 8.49. The molecule has 0 spiro atoms. The third-order valence-electron chi connectivity index (χ3n) is 6.33. The first-order chi connectivity index (χ1) is 18.0. The van der Waals surface area contributed by atoms with Crippen molar-refractivity contribution in [1.29, 1.82) is 0 Å². The van der Waals surface area contributed by atoms with Crippen LogP contribution < -0.4 is 22.3 Å². The second-order valence-electron chi connectivity index (χ2n) is 8.81. The van der Waals surface area contributed by atoms with Gasteiger partial charge in [0.15, 0.2) is 11.5 Å². The fourth-order valence-corrected chi connectivity index (χ4v) is 4.63. The van der Waals surface area contributed by atoms with Crippen LogP contribution in [0.3, 0.4) is 0 Å². The SMILES string of the molecule is CC(NC(=O)c1c(N)nn2cccnc12)c1cc2cccc(C#CCCN)c2c(=O)n1C1C=CC=CC1. The summed E-state index contributed by atoms with van der Waals surface area (Å²) in [6.07, 6.45) is 12.3. The van der Waals surface area contributed by atoms with Crippen molar-refractivity contribution in [1.82, 2.24) is 24.5 Å². The van der Waals surface area contributed by atoms with Crippen LogP contribution in [0.5, 0.6) is 0 Å². The zero-order valence-corrected chi connectivity index (χ0v) is 20.4. The molecule has 1 aromatic carbocycles. The summed E-state index contributed by atoms with van der Waals surface area (Å²) in [7, 11) is 0. The number of hydrogen-bond acceptors (Lipinski definition) is 6. The number of benzene rings is 1. The van der Waals surface area contributed by atoms with Crippen LogP contribution in [-0.2, 0) is 0 Å². The average molecular weight is 494 g/mol. The molecule has 1 aliphatic carbocycles. The van der Waals surface area contributed by atoms with Gasteiger partial charge in [-0.2, -0.15) is 0 Å². The van der Waals surface area contributed by atoms with Gasteiger partial charge in [-0.05, 0) is 36.9 Å². The summed E-state index contributed by atoms with van der Waals surface area (Å²) in [4.78, 5) is 31.6. The Morgan fingerprint density at radius 3 is 2.95 bits per heavy atom. The van der Waals surface area contributed by atoms with Crippen molar-refractivity contribution in [3.05, 3.63) is 94.2 Å². The molecular formula is C28H27N7O2. The monoisotopic (exact) mass is 493 g/mol. The normalized spacial score (nSPS) is 15.5. The third kappa shape index (κ3) is 4.50. The lowest BCUT2D eigenvalue weighted by molar-refractivity contribution is 0.0940. The first kappa shape index (κ1) is 24.0. The molecule has 0 radical (unpaired) electrons. The number of nitrogens with one attached hydrogen (secondary N) is 1. The molecule has 1 aliphatic rings. The predicted molar refractivity (Wildman–Crippen MR) is 144 cm³/mol. The Kier molecular flexibility index (Phi) is 6.58. The molecule has 0 bridgehead atoms. The molecule has 9 heteroatoms. The Labute approximate surface area is 213 Å². The van der Waals surface area contributed by atoms with Gasteiger partial charge in [-0.15, -0.1) is 5.10 Å². The van der Waals surface area contributed by atoms with Gasteiger partial charge in [-0.25, -0.2) is 9.50 Å². The number of allylic oxidation sites excluding steroid dienone is 4.